The minimum absolute atomic E-state index is 0.153. The summed E-state index contributed by atoms with van der Waals surface area (Å²) < 4.78 is 35.8. The third kappa shape index (κ3) is 2.73. The molecule has 0 N–H and O–H groups in total. The molecule has 0 aromatic carbocycles. The van der Waals surface area contributed by atoms with Crippen LogP contribution in [0, 0.1) is 17.8 Å². The van der Waals surface area contributed by atoms with Crippen LogP contribution < -0.4 is 0 Å². The lowest BCUT2D eigenvalue weighted by Gasteiger charge is -2.20. The van der Waals surface area contributed by atoms with E-state index in [4.69, 9.17) is 0 Å². The Morgan fingerprint density at radius 2 is 1.93 bits per heavy atom. The predicted octanol–water partition coefficient (Wildman–Crippen LogP) is 3.33. The van der Waals surface area contributed by atoms with E-state index in [0.717, 1.165) is 19.3 Å². The van der Waals surface area contributed by atoms with Crippen molar-refractivity contribution in [3.8, 4) is 0 Å². The van der Waals surface area contributed by atoms with E-state index in [1.807, 2.05) is 0 Å². The lowest BCUT2D eigenvalue weighted by molar-refractivity contribution is -0.153. The van der Waals surface area contributed by atoms with E-state index < -0.39 is 18.4 Å². The van der Waals surface area contributed by atoms with Gasteiger partial charge in [0.25, 0.3) is 0 Å². The van der Waals surface area contributed by atoms with Crippen molar-refractivity contribution in [2.45, 2.75) is 44.7 Å². The molecule has 2 bridgehead atoms. The average molecular weight is 220 g/mol. The van der Waals surface area contributed by atoms with Crippen molar-refractivity contribution >= 4 is 5.78 Å². The highest BCUT2D eigenvalue weighted by Gasteiger charge is 2.41. The zero-order chi connectivity index (χ0) is 11.1. The van der Waals surface area contributed by atoms with Gasteiger partial charge in [0.1, 0.15) is 12.2 Å². The van der Waals surface area contributed by atoms with E-state index in [2.05, 4.69) is 0 Å². The van der Waals surface area contributed by atoms with Crippen LogP contribution in [0.1, 0.15) is 38.5 Å². The number of ketones is 1. The van der Waals surface area contributed by atoms with Crippen LogP contribution in [0.4, 0.5) is 13.2 Å². The molecule has 2 aliphatic carbocycles. The molecule has 2 saturated carbocycles. The van der Waals surface area contributed by atoms with E-state index in [1.54, 1.807) is 0 Å². The Kier molecular flexibility index (Phi) is 2.77. The molecular formula is C11H15F3O. The number of carbonyl (C=O) groups is 1. The number of hydrogen-bond donors (Lipinski definition) is 0. The number of fused-ring (bicyclic) bond motifs is 2. The number of carbonyl (C=O) groups excluding carboxylic acids is 1. The zero-order valence-corrected chi connectivity index (χ0v) is 8.52. The van der Waals surface area contributed by atoms with E-state index in [-0.39, 0.29) is 12.3 Å². The molecule has 1 nitrogen and oxygen atoms in total. The van der Waals surface area contributed by atoms with Crippen LogP contribution in [0.3, 0.4) is 0 Å². The molecular weight excluding hydrogens is 205 g/mol. The molecule has 3 atom stereocenters. The Hall–Kier alpha value is -0.540. The van der Waals surface area contributed by atoms with Crippen molar-refractivity contribution in [1.29, 1.82) is 0 Å². The van der Waals surface area contributed by atoms with Gasteiger partial charge in [0, 0.05) is 6.42 Å². The second kappa shape index (κ2) is 3.80. The molecule has 4 heteroatoms. The molecule has 15 heavy (non-hydrogen) atoms. The van der Waals surface area contributed by atoms with Crippen LogP contribution in [0.15, 0.2) is 0 Å². The third-order valence-electron chi connectivity index (χ3n) is 3.77. The first-order chi connectivity index (χ1) is 6.94. The molecule has 0 spiro atoms. The van der Waals surface area contributed by atoms with Gasteiger partial charge in [-0.1, -0.05) is 6.42 Å². The molecule has 0 radical (unpaired) electrons. The van der Waals surface area contributed by atoms with Gasteiger partial charge in [-0.3, -0.25) is 4.79 Å². The van der Waals surface area contributed by atoms with Gasteiger partial charge >= 0.3 is 6.18 Å². The Bertz CT molecular complexity index is 259. The molecule has 2 rings (SSSR count). The molecule has 0 aromatic rings. The first-order valence-corrected chi connectivity index (χ1v) is 5.52. The standard InChI is InChI=1S/C11H15F3O/c12-11(13,14)6-10(15)5-9-4-7-1-2-8(9)3-7/h7-9H,1-6H2. The fraction of sp³-hybridized carbons (Fsp3) is 0.909. The van der Waals surface area contributed by atoms with Crippen molar-refractivity contribution in [3.63, 3.8) is 0 Å². The number of Topliss-reactive ketones (excluding diaryl/α,β-unsaturated/α-hetero) is 1. The summed E-state index contributed by atoms with van der Waals surface area (Å²) in [6, 6.07) is 0. The summed E-state index contributed by atoms with van der Waals surface area (Å²) in [5, 5.41) is 0. The molecule has 0 aliphatic heterocycles. The van der Waals surface area contributed by atoms with Gasteiger partial charge in [0.15, 0.2) is 0 Å². The van der Waals surface area contributed by atoms with E-state index in [9.17, 15) is 18.0 Å². The summed E-state index contributed by atoms with van der Waals surface area (Å²) in [5.74, 6) is 0.851. The van der Waals surface area contributed by atoms with Crippen LogP contribution in [0.25, 0.3) is 0 Å². The molecule has 0 heterocycles. The van der Waals surface area contributed by atoms with Gasteiger partial charge in [0.05, 0.1) is 0 Å². The van der Waals surface area contributed by atoms with Crippen molar-refractivity contribution in [1.82, 2.24) is 0 Å². The van der Waals surface area contributed by atoms with Gasteiger partial charge in [-0.25, -0.2) is 0 Å². The first-order valence-electron chi connectivity index (χ1n) is 5.52. The molecule has 86 valence electrons. The Balaban J connectivity index is 1.80. The zero-order valence-electron chi connectivity index (χ0n) is 8.52. The Morgan fingerprint density at radius 1 is 1.20 bits per heavy atom. The maximum absolute atomic E-state index is 11.9. The summed E-state index contributed by atoms with van der Waals surface area (Å²) in [6.07, 6.45) is -0.947. The molecule has 0 amide bonds. The van der Waals surface area contributed by atoms with E-state index in [1.165, 1.54) is 6.42 Å². The SMILES string of the molecule is O=C(CC1CC2CCC1C2)CC(F)(F)F. The molecule has 2 fully saturated rings. The summed E-state index contributed by atoms with van der Waals surface area (Å²) in [7, 11) is 0. The molecule has 0 aromatic heterocycles. The third-order valence-corrected chi connectivity index (χ3v) is 3.77. The Labute approximate surface area is 87.0 Å². The lowest BCUT2D eigenvalue weighted by atomic mass is 9.85. The monoisotopic (exact) mass is 220 g/mol. The minimum atomic E-state index is -4.32. The number of halogens is 3. The predicted molar refractivity (Wildman–Crippen MR) is 49.2 cm³/mol. The largest absolute Gasteiger partial charge is 0.395 e. The van der Waals surface area contributed by atoms with Crippen LogP contribution in [-0.4, -0.2) is 12.0 Å². The van der Waals surface area contributed by atoms with Crippen molar-refractivity contribution < 1.29 is 18.0 Å². The molecule has 0 saturated heterocycles. The van der Waals surface area contributed by atoms with Gasteiger partial charge in [-0.05, 0) is 37.0 Å². The lowest BCUT2D eigenvalue weighted by Crippen LogP contribution is -2.20. The summed E-state index contributed by atoms with van der Waals surface area (Å²) in [6.45, 7) is 0. The van der Waals surface area contributed by atoms with Crippen molar-refractivity contribution in [2.24, 2.45) is 17.8 Å². The normalized spacial score (nSPS) is 34.7. The van der Waals surface area contributed by atoms with Crippen molar-refractivity contribution in [2.75, 3.05) is 0 Å². The van der Waals surface area contributed by atoms with E-state index >= 15 is 0 Å². The first kappa shape index (κ1) is 11.0. The topological polar surface area (TPSA) is 17.1 Å². The second-order valence-electron chi connectivity index (χ2n) is 4.97. The molecule has 2 aliphatic rings. The highest BCUT2D eigenvalue weighted by atomic mass is 19.4. The van der Waals surface area contributed by atoms with Gasteiger partial charge < -0.3 is 0 Å². The summed E-state index contributed by atoms with van der Waals surface area (Å²) >= 11 is 0. The quantitative estimate of drug-likeness (QED) is 0.713. The van der Waals surface area contributed by atoms with Crippen LogP contribution >= 0.6 is 0 Å². The van der Waals surface area contributed by atoms with E-state index in [0.29, 0.717) is 11.8 Å². The highest BCUT2D eigenvalue weighted by Crippen LogP contribution is 2.49. The van der Waals surface area contributed by atoms with Gasteiger partial charge in [-0.15, -0.1) is 0 Å². The highest BCUT2D eigenvalue weighted by molar-refractivity contribution is 5.79. The van der Waals surface area contributed by atoms with Crippen LogP contribution in [-0.2, 0) is 4.79 Å². The number of alkyl halides is 3. The molecule has 3 unspecified atom stereocenters. The summed E-state index contributed by atoms with van der Waals surface area (Å²) in [5.41, 5.74) is 0. The second-order valence-corrected chi connectivity index (χ2v) is 4.97. The number of hydrogen-bond acceptors (Lipinski definition) is 1. The smallest absolute Gasteiger partial charge is 0.299 e. The maximum Gasteiger partial charge on any atom is 0.395 e. The maximum atomic E-state index is 11.9. The summed E-state index contributed by atoms with van der Waals surface area (Å²) in [4.78, 5) is 11.2. The number of rotatable bonds is 3. The fourth-order valence-corrected chi connectivity index (χ4v) is 3.21. The average Bonchev–Trinajstić information content (AvgIpc) is 2.60. The van der Waals surface area contributed by atoms with Gasteiger partial charge in [0.2, 0.25) is 0 Å². The van der Waals surface area contributed by atoms with Crippen LogP contribution in [0.2, 0.25) is 0 Å². The van der Waals surface area contributed by atoms with Crippen molar-refractivity contribution in [3.05, 3.63) is 0 Å². The minimum Gasteiger partial charge on any atom is -0.299 e. The van der Waals surface area contributed by atoms with Crippen LogP contribution in [0.5, 0.6) is 0 Å². The fourth-order valence-electron chi connectivity index (χ4n) is 3.21. The Morgan fingerprint density at radius 3 is 2.40 bits per heavy atom. The van der Waals surface area contributed by atoms with Gasteiger partial charge in [-0.2, -0.15) is 13.2 Å².